The van der Waals surface area contributed by atoms with Gasteiger partial charge in [0, 0.05) is 33.9 Å². The van der Waals surface area contributed by atoms with Crippen LogP contribution >= 0.6 is 0 Å². The summed E-state index contributed by atoms with van der Waals surface area (Å²) in [6.07, 6.45) is 1.97. The van der Waals surface area contributed by atoms with Gasteiger partial charge in [0.05, 0.1) is 28.5 Å². The topological polar surface area (TPSA) is 38.7 Å². The number of benzene rings is 3. The Bertz CT molecular complexity index is 1460. The average molecular weight is 426 g/mol. The summed E-state index contributed by atoms with van der Waals surface area (Å²) in [6, 6.07) is 33.2. The van der Waals surface area contributed by atoms with Crippen LogP contribution in [0.5, 0.6) is 0 Å². The molecule has 0 spiro atoms. The van der Waals surface area contributed by atoms with E-state index in [0.717, 1.165) is 50.7 Å². The van der Waals surface area contributed by atoms with Crippen molar-refractivity contribution in [2.75, 3.05) is 0 Å². The lowest BCUT2D eigenvalue weighted by molar-refractivity contribution is 0.635. The molecule has 0 atom stereocenters. The summed E-state index contributed by atoms with van der Waals surface area (Å²) in [5.41, 5.74) is 9.98. The molecule has 0 saturated heterocycles. The number of hydrogen-bond donors (Lipinski definition) is 0. The Morgan fingerprint density at radius 3 is 1.67 bits per heavy atom. The maximum atomic E-state index is 5.28. The summed E-state index contributed by atoms with van der Waals surface area (Å²) in [7, 11) is 0. The number of aromatic nitrogens is 3. The maximum Gasteiger partial charge on any atom is 0.0973 e. The van der Waals surface area contributed by atoms with E-state index in [2.05, 4.69) is 68.4 Å². The van der Waals surface area contributed by atoms with E-state index in [4.69, 9.17) is 15.0 Å². The lowest BCUT2D eigenvalue weighted by Crippen LogP contribution is -2.18. The normalized spacial score (nSPS) is 13.4. The Kier molecular flexibility index (Phi) is 4.44. The summed E-state index contributed by atoms with van der Waals surface area (Å²) in [5, 5.41) is 0. The molecule has 0 unspecified atom stereocenters. The summed E-state index contributed by atoms with van der Waals surface area (Å²) in [4.78, 5) is 15.3. The van der Waals surface area contributed by atoms with Crippen molar-refractivity contribution in [2.45, 2.75) is 19.3 Å². The fraction of sp³-hybridized carbons (Fsp3) is 0.100. The van der Waals surface area contributed by atoms with Crippen molar-refractivity contribution < 1.29 is 0 Å². The van der Waals surface area contributed by atoms with Crippen molar-refractivity contribution in [1.82, 2.24) is 15.0 Å². The molecule has 3 heteroatoms. The standard InChI is InChI=1S/C30H23N3/c1-30(2)24-18-25(20-12-6-3-7-13-20)31-19-23(24)28-29(30)33-27(22-16-10-5-11-17-22)26(32-28)21-14-8-4-9-15-21/h3-19H,1-2H3. The first-order chi connectivity index (χ1) is 16.1. The molecular weight excluding hydrogens is 402 g/mol. The fourth-order valence-electron chi connectivity index (χ4n) is 4.71. The maximum absolute atomic E-state index is 5.28. The van der Waals surface area contributed by atoms with E-state index in [9.17, 15) is 0 Å². The van der Waals surface area contributed by atoms with Crippen LogP contribution in [-0.4, -0.2) is 15.0 Å². The molecular formula is C30H23N3. The Balaban J connectivity index is 1.60. The second-order valence-electron chi connectivity index (χ2n) is 8.96. The monoisotopic (exact) mass is 425 g/mol. The second-order valence-corrected chi connectivity index (χ2v) is 8.96. The zero-order valence-corrected chi connectivity index (χ0v) is 18.7. The molecule has 3 aromatic carbocycles. The Morgan fingerprint density at radius 1 is 0.576 bits per heavy atom. The highest BCUT2D eigenvalue weighted by Gasteiger charge is 2.40. The number of hydrogen-bond acceptors (Lipinski definition) is 3. The van der Waals surface area contributed by atoms with Crippen molar-refractivity contribution in [3.05, 3.63) is 115 Å². The Hall–Kier alpha value is -4.11. The molecule has 3 nitrogen and oxygen atoms in total. The Morgan fingerprint density at radius 2 is 1.09 bits per heavy atom. The van der Waals surface area contributed by atoms with Gasteiger partial charge in [-0.25, -0.2) is 9.97 Å². The third-order valence-corrected chi connectivity index (χ3v) is 6.48. The zero-order chi connectivity index (χ0) is 22.4. The van der Waals surface area contributed by atoms with E-state index in [1.807, 2.05) is 48.7 Å². The van der Waals surface area contributed by atoms with Crippen LogP contribution in [0.2, 0.25) is 0 Å². The molecule has 2 heterocycles. The second kappa shape index (κ2) is 7.49. The van der Waals surface area contributed by atoms with E-state index in [1.165, 1.54) is 5.56 Å². The van der Waals surface area contributed by atoms with Gasteiger partial charge in [-0.2, -0.15) is 0 Å². The molecule has 1 aliphatic rings. The van der Waals surface area contributed by atoms with Gasteiger partial charge >= 0.3 is 0 Å². The van der Waals surface area contributed by atoms with Crippen LogP contribution in [0, 0.1) is 0 Å². The van der Waals surface area contributed by atoms with Gasteiger partial charge < -0.3 is 0 Å². The molecule has 0 aliphatic heterocycles. The van der Waals surface area contributed by atoms with Crippen molar-refractivity contribution in [3.8, 4) is 45.0 Å². The molecule has 0 N–H and O–H groups in total. The van der Waals surface area contributed by atoms with Crippen LogP contribution in [0.25, 0.3) is 45.0 Å². The number of pyridine rings is 1. The van der Waals surface area contributed by atoms with E-state index >= 15 is 0 Å². The number of rotatable bonds is 3. The SMILES string of the molecule is CC1(C)c2cc(-c3ccccc3)ncc2-c2nc(-c3ccccc3)c(-c3ccccc3)nc21. The van der Waals surface area contributed by atoms with Gasteiger partial charge in [-0.05, 0) is 11.6 Å². The molecule has 2 aromatic heterocycles. The molecule has 158 valence electrons. The molecule has 0 saturated carbocycles. The van der Waals surface area contributed by atoms with E-state index < -0.39 is 0 Å². The third-order valence-electron chi connectivity index (χ3n) is 6.48. The van der Waals surface area contributed by atoms with E-state index in [0.29, 0.717) is 0 Å². The van der Waals surface area contributed by atoms with Crippen molar-refractivity contribution in [3.63, 3.8) is 0 Å². The average Bonchev–Trinajstić information content (AvgIpc) is 3.10. The molecule has 6 rings (SSSR count). The van der Waals surface area contributed by atoms with Gasteiger partial charge in [0.1, 0.15) is 0 Å². The van der Waals surface area contributed by atoms with Gasteiger partial charge in [-0.1, -0.05) is 105 Å². The first-order valence-electron chi connectivity index (χ1n) is 11.2. The Labute approximate surface area is 193 Å². The minimum atomic E-state index is -0.275. The number of fused-ring (bicyclic) bond motifs is 3. The van der Waals surface area contributed by atoms with Crippen LogP contribution in [0.1, 0.15) is 25.1 Å². The van der Waals surface area contributed by atoms with Gasteiger partial charge in [-0.15, -0.1) is 0 Å². The van der Waals surface area contributed by atoms with Crippen molar-refractivity contribution in [1.29, 1.82) is 0 Å². The lowest BCUT2D eigenvalue weighted by Gasteiger charge is -2.21. The first-order valence-corrected chi connectivity index (χ1v) is 11.2. The largest absolute Gasteiger partial charge is 0.256 e. The van der Waals surface area contributed by atoms with Gasteiger partial charge in [-0.3, -0.25) is 4.98 Å². The minimum absolute atomic E-state index is 0.275. The quantitative estimate of drug-likeness (QED) is 0.307. The first kappa shape index (κ1) is 19.6. The summed E-state index contributed by atoms with van der Waals surface area (Å²) >= 11 is 0. The van der Waals surface area contributed by atoms with Gasteiger partial charge in [0.25, 0.3) is 0 Å². The van der Waals surface area contributed by atoms with Gasteiger partial charge in [0.2, 0.25) is 0 Å². The summed E-state index contributed by atoms with van der Waals surface area (Å²) < 4.78 is 0. The highest BCUT2D eigenvalue weighted by atomic mass is 14.9. The van der Waals surface area contributed by atoms with Crippen LogP contribution < -0.4 is 0 Å². The van der Waals surface area contributed by atoms with Crippen molar-refractivity contribution in [2.24, 2.45) is 0 Å². The van der Waals surface area contributed by atoms with Crippen LogP contribution in [-0.2, 0) is 5.41 Å². The molecule has 5 aromatic rings. The molecule has 0 fully saturated rings. The van der Waals surface area contributed by atoms with Gasteiger partial charge in [0.15, 0.2) is 0 Å². The van der Waals surface area contributed by atoms with Crippen molar-refractivity contribution >= 4 is 0 Å². The van der Waals surface area contributed by atoms with Crippen LogP contribution in [0.15, 0.2) is 103 Å². The molecule has 0 amide bonds. The predicted octanol–water partition coefficient (Wildman–Crippen LogP) is 7.18. The molecule has 0 bridgehead atoms. The fourth-order valence-corrected chi connectivity index (χ4v) is 4.71. The molecule has 1 aliphatic carbocycles. The highest BCUT2D eigenvalue weighted by Crippen LogP contribution is 2.49. The molecule has 33 heavy (non-hydrogen) atoms. The summed E-state index contributed by atoms with van der Waals surface area (Å²) in [5.74, 6) is 0. The predicted molar refractivity (Wildman–Crippen MR) is 134 cm³/mol. The number of nitrogens with zero attached hydrogens (tertiary/aromatic N) is 3. The highest BCUT2D eigenvalue weighted by molar-refractivity contribution is 5.85. The van der Waals surface area contributed by atoms with E-state index in [-0.39, 0.29) is 5.41 Å². The third kappa shape index (κ3) is 3.16. The van der Waals surface area contributed by atoms with Crippen LogP contribution in [0.4, 0.5) is 0 Å². The van der Waals surface area contributed by atoms with Crippen LogP contribution in [0.3, 0.4) is 0 Å². The molecule has 0 radical (unpaired) electrons. The van der Waals surface area contributed by atoms with E-state index in [1.54, 1.807) is 0 Å². The minimum Gasteiger partial charge on any atom is -0.256 e. The zero-order valence-electron chi connectivity index (χ0n) is 18.7. The smallest absolute Gasteiger partial charge is 0.0973 e. The lowest BCUT2D eigenvalue weighted by atomic mass is 9.85. The summed E-state index contributed by atoms with van der Waals surface area (Å²) in [6.45, 7) is 4.47.